The molecule has 12 heavy (non-hydrogen) atoms. The minimum Gasteiger partial charge on any atom is -0.343 e. The number of rotatable bonds is 1. The average Bonchev–Trinajstić information content (AvgIpc) is 1.96. The van der Waals surface area contributed by atoms with E-state index in [1.54, 1.807) is 6.92 Å². The van der Waals surface area contributed by atoms with E-state index in [2.05, 4.69) is 10.6 Å². The van der Waals surface area contributed by atoms with E-state index in [0.29, 0.717) is 0 Å². The molecule has 2 N–H and O–H groups in total. The van der Waals surface area contributed by atoms with Gasteiger partial charge in [-0.2, -0.15) is 0 Å². The quantitative estimate of drug-likeness (QED) is 0.565. The maximum Gasteiger partial charge on any atom is 0.243 e. The molecule has 4 heteroatoms. The zero-order valence-electron chi connectivity index (χ0n) is 7.55. The van der Waals surface area contributed by atoms with Crippen LogP contribution in [0.4, 0.5) is 0 Å². The van der Waals surface area contributed by atoms with Crippen LogP contribution in [0.3, 0.4) is 0 Å². The number of hydrogen-bond acceptors (Lipinski definition) is 2. The minimum atomic E-state index is -0.396. The molecule has 1 saturated heterocycles. The predicted molar refractivity (Wildman–Crippen MR) is 44.4 cm³/mol. The fourth-order valence-corrected chi connectivity index (χ4v) is 1.18. The molecule has 0 bridgehead atoms. The molecule has 0 radical (unpaired) electrons. The fraction of sp³-hybridized carbons (Fsp3) is 0.750. The summed E-state index contributed by atoms with van der Waals surface area (Å²) in [5, 5.41) is 5.27. The summed E-state index contributed by atoms with van der Waals surface area (Å²) < 4.78 is 0. The summed E-state index contributed by atoms with van der Waals surface area (Å²) in [6.45, 7) is 5.48. The Balaban J connectivity index is 2.68. The molecule has 1 rings (SSSR count). The molecular formula is C8H14N2O2. The van der Waals surface area contributed by atoms with Gasteiger partial charge in [0.15, 0.2) is 0 Å². The Morgan fingerprint density at radius 2 is 1.75 bits per heavy atom. The van der Waals surface area contributed by atoms with E-state index in [-0.39, 0.29) is 23.8 Å². The van der Waals surface area contributed by atoms with Crippen LogP contribution >= 0.6 is 0 Å². The van der Waals surface area contributed by atoms with Gasteiger partial charge in [0.05, 0.1) is 0 Å². The Morgan fingerprint density at radius 3 is 2.25 bits per heavy atom. The van der Waals surface area contributed by atoms with Gasteiger partial charge in [-0.1, -0.05) is 13.8 Å². The molecule has 1 aliphatic rings. The lowest BCUT2D eigenvalue weighted by molar-refractivity contribution is -0.137. The van der Waals surface area contributed by atoms with Crippen molar-refractivity contribution in [2.45, 2.75) is 32.9 Å². The highest BCUT2D eigenvalue weighted by atomic mass is 16.2. The second kappa shape index (κ2) is 3.13. The molecule has 2 atom stereocenters. The number of amides is 2. The lowest BCUT2D eigenvalue weighted by Crippen LogP contribution is -2.62. The van der Waals surface area contributed by atoms with Crippen molar-refractivity contribution in [1.82, 2.24) is 10.6 Å². The Bertz CT molecular complexity index is 213. The molecule has 68 valence electrons. The first-order valence-electron chi connectivity index (χ1n) is 4.13. The van der Waals surface area contributed by atoms with Crippen LogP contribution in [-0.4, -0.2) is 23.9 Å². The van der Waals surface area contributed by atoms with E-state index < -0.39 is 6.04 Å². The van der Waals surface area contributed by atoms with Gasteiger partial charge in [-0.05, 0) is 12.8 Å². The van der Waals surface area contributed by atoms with Crippen molar-refractivity contribution in [3.63, 3.8) is 0 Å². The normalized spacial score (nSPS) is 30.0. The predicted octanol–water partition coefficient (Wildman–Crippen LogP) is -0.355. The van der Waals surface area contributed by atoms with Crippen LogP contribution in [0, 0.1) is 5.92 Å². The van der Waals surface area contributed by atoms with Crippen LogP contribution in [0.1, 0.15) is 20.8 Å². The maximum absolute atomic E-state index is 11.3. The smallest absolute Gasteiger partial charge is 0.243 e. The zero-order valence-corrected chi connectivity index (χ0v) is 7.55. The first kappa shape index (κ1) is 9.03. The van der Waals surface area contributed by atoms with Gasteiger partial charge in [0, 0.05) is 0 Å². The summed E-state index contributed by atoms with van der Waals surface area (Å²) in [6, 6.07) is -0.763. The third-order valence-corrected chi connectivity index (χ3v) is 2.00. The van der Waals surface area contributed by atoms with Gasteiger partial charge < -0.3 is 10.6 Å². The van der Waals surface area contributed by atoms with Crippen molar-refractivity contribution >= 4 is 11.8 Å². The van der Waals surface area contributed by atoms with Gasteiger partial charge in [0.25, 0.3) is 0 Å². The summed E-state index contributed by atoms with van der Waals surface area (Å²) >= 11 is 0. The highest BCUT2D eigenvalue weighted by Gasteiger charge is 2.32. The first-order valence-corrected chi connectivity index (χ1v) is 4.13. The molecule has 4 nitrogen and oxygen atoms in total. The van der Waals surface area contributed by atoms with E-state index in [9.17, 15) is 9.59 Å². The van der Waals surface area contributed by atoms with Gasteiger partial charge in [-0.3, -0.25) is 9.59 Å². The molecule has 1 fully saturated rings. The third-order valence-electron chi connectivity index (χ3n) is 2.00. The highest BCUT2D eigenvalue weighted by molar-refractivity contribution is 5.96. The summed E-state index contributed by atoms with van der Waals surface area (Å²) in [5.74, 6) is -0.0492. The Morgan fingerprint density at radius 1 is 1.17 bits per heavy atom. The number of carbonyl (C=O) groups is 2. The van der Waals surface area contributed by atoms with E-state index in [1.807, 2.05) is 13.8 Å². The van der Waals surface area contributed by atoms with E-state index in [0.717, 1.165) is 0 Å². The van der Waals surface area contributed by atoms with Gasteiger partial charge in [0.2, 0.25) is 11.8 Å². The van der Waals surface area contributed by atoms with Gasteiger partial charge >= 0.3 is 0 Å². The van der Waals surface area contributed by atoms with Crippen LogP contribution < -0.4 is 10.6 Å². The van der Waals surface area contributed by atoms with Crippen molar-refractivity contribution in [3.8, 4) is 0 Å². The summed E-state index contributed by atoms with van der Waals surface area (Å²) in [6.07, 6.45) is 0. The van der Waals surface area contributed by atoms with Crippen LogP contribution in [-0.2, 0) is 9.59 Å². The molecule has 0 aromatic heterocycles. The van der Waals surface area contributed by atoms with Crippen molar-refractivity contribution < 1.29 is 9.59 Å². The fourth-order valence-electron chi connectivity index (χ4n) is 1.18. The number of hydrogen-bond donors (Lipinski definition) is 2. The van der Waals surface area contributed by atoms with Crippen molar-refractivity contribution in [2.24, 2.45) is 5.92 Å². The topological polar surface area (TPSA) is 58.2 Å². The molecule has 1 unspecified atom stereocenters. The third kappa shape index (κ3) is 1.57. The molecule has 0 spiro atoms. The van der Waals surface area contributed by atoms with Crippen LogP contribution in [0.2, 0.25) is 0 Å². The molecule has 0 saturated carbocycles. The molecule has 0 aromatic carbocycles. The van der Waals surface area contributed by atoms with Crippen LogP contribution in [0.25, 0.3) is 0 Å². The Labute approximate surface area is 71.7 Å². The molecular weight excluding hydrogens is 156 g/mol. The zero-order chi connectivity index (χ0) is 9.30. The monoisotopic (exact) mass is 170 g/mol. The lowest BCUT2D eigenvalue weighted by atomic mass is 10.0. The largest absolute Gasteiger partial charge is 0.343 e. The number of piperazine rings is 1. The molecule has 1 aliphatic heterocycles. The summed E-state index contributed by atoms with van der Waals surface area (Å²) in [7, 11) is 0. The SMILES string of the molecule is CC1NC(=O)[C@H](C(C)C)NC1=O. The standard InChI is InChI=1S/C8H14N2O2/c1-4(2)6-8(12)9-5(3)7(11)10-6/h4-6H,1-3H3,(H,9,12)(H,10,11)/t5?,6-/m0/s1. The van der Waals surface area contributed by atoms with Gasteiger partial charge in [0.1, 0.15) is 12.1 Å². The van der Waals surface area contributed by atoms with E-state index in [1.165, 1.54) is 0 Å². The number of carbonyl (C=O) groups excluding carboxylic acids is 2. The van der Waals surface area contributed by atoms with Crippen molar-refractivity contribution in [3.05, 3.63) is 0 Å². The van der Waals surface area contributed by atoms with Gasteiger partial charge in [-0.25, -0.2) is 0 Å². The summed E-state index contributed by atoms with van der Waals surface area (Å²) in [4.78, 5) is 22.4. The minimum absolute atomic E-state index is 0.0860. The highest BCUT2D eigenvalue weighted by Crippen LogP contribution is 2.06. The second-order valence-corrected chi connectivity index (χ2v) is 3.46. The molecule has 0 aliphatic carbocycles. The van der Waals surface area contributed by atoms with Crippen molar-refractivity contribution in [2.75, 3.05) is 0 Å². The Kier molecular flexibility index (Phi) is 2.35. The van der Waals surface area contributed by atoms with Crippen LogP contribution in [0.5, 0.6) is 0 Å². The van der Waals surface area contributed by atoms with E-state index in [4.69, 9.17) is 0 Å². The second-order valence-electron chi connectivity index (χ2n) is 3.46. The molecule has 0 aromatic rings. The lowest BCUT2D eigenvalue weighted by Gasteiger charge is -2.29. The molecule has 2 amide bonds. The van der Waals surface area contributed by atoms with Crippen molar-refractivity contribution in [1.29, 1.82) is 0 Å². The first-order chi connectivity index (χ1) is 5.52. The maximum atomic E-state index is 11.3. The van der Waals surface area contributed by atoms with Crippen LogP contribution in [0.15, 0.2) is 0 Å². The van der Waals surface area contributed by atoms with E-state index >= 15 is 0 Å². The summed E-state index contributed by atoms with van der Waals surface area (Å²) in [5.41, 5.74) is 0. The Hall–Kier alpha value is -1.06. The number of nitrogens with one attached hydrogen (secondary N) is 2. The molecule has 1 heterocycles. The average molecular weight is 170 g/mol. The van der Waals surface area contributed by atoms with Gasteiger partial charge in [-0.15, -0.1) is 0 Å².